The van der Waals surface area contributed by atoms with Crippen LogP contribution in [-0.4, -0.2) is 18.7 Å². The number of carbonyl (C=O) groups is 2. The van der Waals surface area contributed by atoms with Gasteiger partial charge in [0.05, 0.1) is 7.11 Å². The first-order valence-electron chi connectivity index (χ1n) is 5.49. The van der Waals surface area contributed by atoms with Crippen molar-refractivity contribution in [3.8, 4) is 0 Å². The highest BCUT2D eigenvalue weighted by Crippen LogP contribution is 2.45. The third kappa shape index (κ3) is 1.42. The van der Waals surface area contributed by atoms with Crippen molar-refractivity contribution in [2.75, 3.05) is 7.11 Å². The SMILES string of the molecule is COC1=CC(=O)[C@@]2(C)CC=C(C)C[C@@H]2C1=O. The van der Waals surface area contributed by atoms with Crippen molar-refractivity contribution >= 4 is 11.6 Å². The number of Topliss-reactive ketones (excluding diaryl/α,β-unsaturated/α-hetero) is 1. The van der Waals surface area contributed by atoms with Crippen molar-refractivity contribution < 1.29 is 14.3 Å². The average Bonchev–Trinajstić information content (AvgIpc) is 2.26. The predicted octanol–water partition coefficient (Wildman–Crippen LogP) is 2.03. The smallest absolute Gasteiger partial charge is 0.201 e. The first-order chi connectivity index (χ1) is 7.49. The van der Waals surface area contributed by atoms with Gasteiger partial charge in [-0.05, 0) is 19.8 Å². The quantitative estimate of drug-likeness (QED) is 0.635. The Labute approximate surface area is 95.2 Å². The zero-order valence-electron chi connectivity index (χ0n) is 9.87. The lowest BCUT2D eigenvalue weighted by Gasteiger charge is -2.40. The van der Waals surface area contributed by atoms with E-state index in [1.165, 1.54) is 18.8 Å². The molecule has 0 saturated carbocycles. The van der Waals surface area contributed by atoms with Crippen molar-refractivity contribution in [3.05, 3.63) is 23.5 Å². The molecule has 0 radical (unpaired) electrons. The summed E-state index contributed by atoms with van der Waals surface area (Å²) in [4.78, 5) is 24.1. The van der Waals surface area contributed by atoms with Crippen LogP contribution in [0.2, 0.25) is 0 Å². The largest absolute Gasteiger partial charge is 0.493 e. The summed E-state index contributed by atoms with van der Waals surface area (Å²) in [7, 11) is 1.44. The summed E-state index contributed by atoms with van der Waals surface area (Å²) >= 11 is 0. The first-order valence-corrected chi connectivity index (χ1v) is 5.49. The van der Waals surface area contributed by atoms with Crippen molar-refractivity contribution in [2.45, 2.75) is 26.7 Å². The molecule has 2 atom stereocenters. The first kappa shape index (κ1) is 11.1. The molecule has 0 unspecified atom stereocenters. The van der Waals surface area contributed by atoms with E-state index < -0.39 is 5.41 Å². The number of rotatable bonds is 1. The van der Waals surface area contributed by atoms with Crippen LogP contribution in [0.4, 0.5) is 0 Å². The summed E-state index contributed by atoms with van der Waals surface area (Å²) in [6, 6.07) is 0. The molecule has 0 spiro atoms. The van der Waals surface area contributed by atoms with Gasteiger partial charge in [0.1, 0.15) is 0 Å². The van der Waals surface area contributed by atoms with Gasteiger partial charge in [0.25, 0.3) is 0 Å². The molecule has 0 N–H and O–H groups in total. The molecule has 0 aromatic rings. The summed E-state index contributed by atoms with van der Waals surface area (Å²) in [5.41, 5.74) is 0.625. The Morgan fingerprint density at radius 2 is 2.12 bits per heavy atom. The number of allylic oxidation sites excluding steroid dienone is 4. The molecule has 0 saturated heterocycles. The van der Waals surface area contributed by atoms with Crippen LogP contribution in [-0.2, 0) is 14.3 Å². The van der Waals surface area contributed by atoms with E-state index in [0.717, 1.165) is 0 Å². The van der Waals surface area contributed by atoms with Gasteiger partial charge in [0.15, 0.2) is 11.5 Å². The third-order valence-corrected chi connectivity index (χ3v) is 3.77. The second-order valence-electron chi connectivity index (χ2n) is 4.87. The van der Waals surface area contributed by atoms with Crippen LogP contribution in [0.1, 0.15) is 26.7 Å². The van der Waals surface area contributed by atoms with Crippen molar-refractivity contribution in [1.82, 2.24) is 0 Å². The molecule has 2 aliphatic rings. The Morgan fingerprint density at radius 3 is 2.75 bits per heavy atom. The number of ketones is 2. The maximum atomic E-state index is 12.1. The molecule has 0 bridgehead atoms. The summed E-state index contributed by atoms with van der Waals surface area (Å²) in [5.74, 6) is -0.0538. The van der Waals surface area contributed by atoms with Crippen LogP contribution in [0, 0.1) is 11.3 Å². The predicted molar refractivity (Wildman–Crippen MR) is 59.7 cm³/mol. The van der Waals surface area contributed by atoms with Gasteiger partial charge in [-0.2, -0.15) is 0 Å². The highest BCUT2D eigenvalue weighted by Gasteiger charge is 2.49. The van der Waals surface area contributed by atoms with Crippen LogP contribution in [0.3, 0.4) is 0 Å². The Morgan fingerprint density at radius 1 is 1.44 bits per heavy atom. The van der Waals surface area contributed by atoms with Crippen molar-refractivity contribution in [1.29, 1.82) is 0 Å². The minimum atomic E-state index is -0.557. The zero-order valence-corrected chi connectivity index (χ0v) is 9.87. The van der Waals surface area contributed by atoms with Gasteiger partial charge in [-0.15, -0.1) is 0 Å². The fourth-order valence-electron chi connectivity index (χ4n) is 2.50. The fourth-order valence-corrected chi connectivity index (χ4v) is 2.50. The molecule has 0 fully saturated rings. The molecule has 3 heteroatoms. The maximum absolute atomic E-state index is 12.1. The molecule has 0 aromatic carbocycles. The minimum Gasteiger partial charge on any atom is -0.493 e. The van der Waals surface area contributed by atoms with Crippen molar-refractivity contribution in [3.63, 3.8) is 0 Å². The Hall–Kier alpha value is -1.38. The van der Waals surface area contributed by atoms with Gasteiger partial charge in [0, 0.05) is 17.4 Å². The molecule has 0 aliphatic heterocycles. The number of hydrogen-bond acceptors (Lipinski definition) is 3. The van der Waals surface area contributed by atoms with E-state index in [4.69, 9.17) is 4.74 Å². The molecule has 86 valence electrons. The van der Waals surface area contributed by atoms with Crippen LogP contribution >= 0.6 is 0 Å². The normalized spacial score (nSPS) is 34.1. The Kier molecular flexibility index (Phi) is 2.49. The minimum absolute atomic E-state index is 0.0118. The van der Waals surface area contributed by atoms with E-state index in [2.05, 4.69) is 6.08 Å². The number of carbonyl (C=O) groups excluding carboxylic acids is 2. The summed E-state index contributed by atoms with van der Waals surface area (Å²) in [5, 5.41) is 0. The number of hydrogen-bond donors (Lipinski definition) is 0. The second-order valence-corrected chi connectivity index (χ2v) is 4.87. The van der Waals surface area contributed by atoms with E-state index in [1.807, 2.05) is 13.8 Å². The van der Waals surface area contributed by atoms with Crippen LogP contribution in [0.15, 0.2) is 23.5 Å². The number of fused-ring (bicyclic) bond motifs is 1. The van der Waals surface area contributed by atoms with Gasteiger partial charge < -0.3 is 4.74 Å². The molecular formula is C13H16O3. The zero-order chi connectivity index (χ0) is 11.9. The van der Waals surface area contributed by atoms with Crippen LogP contribution < -0.4 is 0 Å². The lowest BCUT2D eigenvalue weighted by Crippen LogP contribution is -2.45. The van der Waals surface area contributed by atoms with Gasteiger partial charge in [0.2, 0.25) is 5.78 Å². The third-order valence-electron chi connectivity index (χ3n) is 3.77. The maximum Gasteiger partial charge on any atom is 0.201 e. The topological polar surface area (TPSA) is 43.4 Å². The van der Waals surface area contributed by atoms with E-state index >= 15 is 0 Å². The Balaban J connectivity index is 2.46. The molecule has 2 aliphatic carbocycles. The average molecular weight is 220 g/mol. The lowest BCUT2D eigenvalue weighted by molar-refractivity contribution is -0.138. The monoisotopic (exact) mass is 220 g/mol. The number of ether oxygens (including phenoxy) is 1. The van der Waals surface area contributed by atoms with E-state index in [0.29, 0.717) is 12.8 Å². The highest BCUT2D eigenvalue weighted by molar-refractivity contribution is 6.11. The van der Waals surface area contributed by atoms with Crippen molar-refractivity contribution in [2.24, 2.45) is 11.3 Å². The molecule has 0 aromatic heterocycles. The van der Waals surface area contributed by atoms with E-state index in [-0.39, 0.29) is 23.2 Å². The van der Waals surface area contributed by atoms with E-state index in [9.17, 15) is 9.59 Å². The Bertz CT molecular complexity index is 417. The van der Waals surface area contributed by atoms with E-state index in [1.54, 1.807) is 0 Å². The lowest BCUT2D eigenvalue weighted by atomic mass is 9.61. The standard InChI is InChI=1S/C13H16O3/c1-8-4-5-13(2)9(6-8)12(15)10(16-3)7-11(13)14/h4,7,9H,5-6H2,1-3H3/t9-,13+/m1/s1. The van der Waals surface area contributed by atoms with Crippen LogP contribution in [0.5, 0.6) is 0 Å². The molecule has 0 amide bonds. The van der Waals surface area contributed by atoms with Gasteiger partial charge in [-0.1, -0.05) is 18.6 Å². The van der Waals surface area contributed by atoms with Gasteiger partial charge >= 0.3 is 0 Å². The summed E-state index contributed by atoms with van der Waals surface area (Å²) in [6.07, 6.45) is 4.74. The molecule has 16 heavy (non-hydrogen) atoms. The molecule has 3 nitrogen and oxygen atoms in total. The summed E-state index contributed by atoms with van der Waals surface area (Å²) in [6.45, 7) is 3.88. The molecular weight excluding hydrogens is 204 g/mol. The highest BCUT2D eigenvalue weighted by atomic mass is 16.5. The fraction of sp³-hybridized carbons (Fsp3) is 0.538. The second kappa shape index (κ2) is 3.58. The number of methoxy groups -OCH3 is 1. The van der Waals surface area contributed by atoms with Crippen LogP contribution in [0.25, 0.3) is 0 Å². The molecule has 0 heterocycles. The molecule has 2 rings (SSSR count). The summed E-state index contributed by atoms with van der Waals surface area (Å²) < 4.78 is 4.97. The van der Waals surface area contributed by atoms with Gasteiger partial charge in [-0.25, -0.2) is 0 Å². The van der Waals surface area contributed by atoms with Gasteiger partial charge in [-0.3, -0.25) is 9.59 Å².